The molecule has 0 saturated carbocycles. The van der Waals surface area contributed by atoms with Crippen LogP contribution in [0, 0.1) is 0 Å². The third-order valence-corrected chi connectivity index (χ3v) is 6.19. The van der Waals surface area contributed by atoms with E-state index in [1.165, 1.54) is 30.5 Å². The molecule has 2 fully saturated rings. The normalized spacial score (nSPS) is 25.7. The zero-order chi connectivity index (χ0) is 15.5. The van der Waals surface area contributed by atoms with E-state index in [1.54, 1.807) is 0 Å². The highest BCUT2D eigenvalue weighted by Crippen LogP contribution is 2.34. The molecule has 1 aromatic carbocycles. The van der Waals surface area contributed by atoms with Crippen LogP contribution in [-0.4, -0.2) is 46.9 Å². The molecule has 1 unspecified atom stereocenters. The molecular formula is C18H27IN2O. The van der Waals surface area contributed by atoms with Gasteiger partial charge in [0.1, 0.15) is 0 Å². The summed E-state index contributed by atoms with van der Waals surface area (Å²) in [6.45, 7) is 9.95. The molecule has 0 aliphatic carbocycles. The Morgan fingerprint density at radius 3 is 2.59 bits per heavy atom. The molecule has 2 saturated heterocycles. The van der Waals surface area contributed by atoms with Gasteiger partial charge < -0.3 is 4.74 Å². The fourth-order valence-electron chi connectivity index (χ4n) is 3.75. The summed E-state index contributed by atoms with van der Waals surface area (Å²) in [7, 11) is 0. The van der Waals surface area contributed by atoms with Crippen LogP contribution in [0.3, 0.4) is 0 Å². The second-order valence-corrected chi connectivity index (χ2v) is 8.00. The van der Waals surface area contributed by atoms with Crippen molar-refractivity contribution in [2.45, 2.75) is 44.7 Å². The lowest BCUT2D eigenvalue weighted by Gasteiger charge is -2.43. The largest absolute Gasteiger partial charge is 0.381 e. The minimum atomic E-state index is 0.510. The van der Waals surface area contributed by atoms with E-state index in [4.69, 9.17) is 4.74 Å². The van der Waals surface area contributed by atoms with Crippen LogP contribution in [-0.2, 0) is 4.74 Å². The van der Waals surface area contributed by atoms with E-state index < -0.39 is 0 Å². The van der Waals surface area contributed by atoms with E-state index in [2.05, 4.69) is 69.0 Å². The molecule has 3 nitrogen and oxygen atoms in total. The summed E-state index contributed by atoms with van der Waals surface area (Å²) < 4.78 is 8.04. The summed E-state index contributed by atoms with van der Waals surface area (Å²) in [5.74, 6) is 0.583. The minimum Gasteiger partial charge on any atom is -0.381 e. The topological polar surface area (TPSA) is 15.7 Å². The maximum absolute atomic E-state index is 5.54. The molecule has 122 valence electrons. The van der Waals surface area contributed by atoms with Crippen LogP contribution in [0.4, 0.5) is 0 Å². The highest BCUT2D eigenvalue weighted by molar-refractivity contribution is 14.1. The van der Waals surface area contributed by atoms with E-state index in [-0.39, 0.29) is 0 Å². The molecule has 0 aromatic heterocycles. The summed E-state index contributed by atoms with van der Waals surface area (Å²) in [6, 6.07) is 10.2. The molecule has 4 heteroatoms. The summed E-state index contributed by atoms with van der Waals surface area (Å²) >= 11 is 2.53. The van der Waals surface area contributed by atoms with E-state index in [9.17, 15) is 0 Å². The maximum Gasteiger partial charge on any atom is 0.0574 e. The molecule has 2 heterocycles. The van der Waals surface area contributed by atoms with Gasteiger partial charge in [0.05, 0.1) is 6.04 Å². The van der Waals surface area contributed by atoms with Crippen LogP contribution in [0.1, 0.15) is 49.8 Å². The average molecular weight is 414 g/mol. The van der Waals surface area contributed by atoms with Gasteiger partial charge in [0, 0.05) is 61.8 Å². The Morgan fingerprint density at radius 1 is 1.14 bits per heavy atom. The minimum absolute atomic E-state index is 0.510. The highest BCUT2D eigenvalue weighted by Gasteiger charge is 2.32. The molecule has 2 aliphatic rings. The predicted molar refractivity (Wildman–Crippen MR) is 99.4 cm³/mol. The van der Waals surface area contributed by atoms with Gasteiger partial charge in [-0.2, -0.15) is 0 Å². The summed E-state index contributed by atoms with van der Waals surface area (Å²) in [5.41, 5.74) is 3.02. The van der Waals surface area contributed by atoms with Gasteiger partial charge in [-0.25, -0.2) is 3.11 Å². The van der Waals surface area contributed by atoms with Crippen molar-refractivity contribution in [1.29, 1.82) is 0 Å². The van der Waals surface area contributed by atoms with Crippen molar-refractivity contribution >= 4 is 22.9 Å². The number of hydrogen-bond donors (Lipinski definition) is 0. The zero-order valence-electron chi connectivity index (χ0n) is 13.7. The van der Waals surface area contributed by atoms with Gasteiger partial charge >= 0.3 is 0 Å². The Morgan fingerprint density at radius 2 is 1.86 bits per heavy atom. The predicted octanol–water partition coefficient (Wildman–Crippen LogP) is 4.00. The van der Waals surface area contributed by atoms with Crippen LogP contribution < -0.4 is 0 Å². The smallest absolute Gasteiger partial charge is 0.0574 e. The molecule has 1 atom stereocenters. The zero-order valence-corrected chi connectivity index (χ0v) is 15.8. The molecule has 1 aromatic rings. The molecule has 0 N–H and O–H groups in total. The number of halogens is 1. The summed E-state index contributed by atoms with van der Waals surface area (Å²) in [4.78, 5) is 2.71. The molecule has 0 spiro atoms. The number of hydrogen-bond acceptors (Lipinski definition) is 3. The van der Waals surface area contributed by atoms with Crippen molar-refractivity contribution < 1.29 is 4.74 Å². The van der Waals surface area contributed by atoms with Crippen LogP contribution in [0.15, 0.2) is 24.3 Å². The van der Waals surface area contributed by atoms with Crippen LogP contribution >= 0.6 is 22.9 Å². The van der Waals surface area contributed by atoms with Gasteiger partial charge in [0.2, 0.25) is 0 Å². The second-order valence-electron chi connectivity index (χ2n) is 6.76. The van der Waals surface area contributed by atoms with Crippen LogP contribution in [0.25, 0.3) is 0 Å². The lowest BCUT2D eigenvalue weighted by atomic mass is 9.91. The molecule has 2 aliphatic heterocycles. The van der Waals surface area contributed by atoms with Crippen molar-refractivity contribution in [3.63, 3.8) is 0 Å². The Kier molecular flexibility index (Phi) is 5.76. The number of piperazine rings is 1. The molecular weight excluding hydrogens is 387 g/mol. The van der Waals surface area contributed by atoms with E-state index in [0.717, 1.165) is 26.3 Å². The maximum atomic E-state index is 5.54. The van der Waals surface area contributed by atoms with Crippen molar-refractivity contribution in [2.24, 2.45) is 0 Å². The van der Waals surface area contributed by atoms with Gasteiger partial charge in [-0.05, 0) is 29.9 Å². The van der Waals surface area contributed by atoms with E-state index in [0.29, 0.717) is 18.0 Å². The molecule has 22 heavy (non-hydrogen) atoms. The van der Waals surface area contributed by atoms with Crippen molar-refractivity contribution in [3.8, 4) is 0 Å². The summed E-state index contributed by atoms with van der Waals surface area (Å²) in [6.07, 6.45) is 2.39. The third kappa shape index (κ3) is 3.66. The SMILES string of the molecule is CC(C)c1ccccc1C1CN(C2CCOCC2)CCN1I. The van der Waals surface area contributed by atoms with Crippen molar-refractivity contribution in [1.82, 2.24) is 8.01 Å². The number of nitrogens with zero attached hydrogens (tertiary/aromatic N) is 2. The van der Waals surface area contributed by atoms with Crippen LogP contribution in [0.5, 0.6) is 0 Å². The van der Waals surface area contributed by atoms with Gasteiger partial charge in [0.25, 0.3) is 0 Å². The first kappa shape index (κ1) is 16.7. The van der Waals surface area contributed by atoms with Gasteiger partial charge in [-0.3, -0.25) is 4.90 Å². The number of rotatable bonds is 3. The standard InChI is InChI=1S/C18H27IN2O/c1-14(2)16-5-3-4-6-17(16)18-13-20(9-10-21(18)19)15-7-11-22-12-8-15/h3-6,14-15,18H,7-13H2,1-2H3. The first-order valence-electron chi connectivity index (χ1n) is 8.50. The lowest BCUT2D eigenvalue weighted by molar-refractivity contribution is 0.0151. The third-order valence-electron chi connectivity index (χ3n) is 5.03. The monoisotopic (exact) mass is 414 g/mol. The lowest BCUT2D eigenvalue weighted by Crippen LogP contribution is -2.50. The first-order chi connectivity index (χ1) is 10.7. The Balaban J connectivity index is 1.79. The quantitative estimate of drug-likeness (QED) is 0.550. The molecule has 0 amide bonds. The van der Waals surface area contributed by atoms with Gasteiger partial charge in [-0.1, -0.05) is 38.1 Å². The van der Waals surface area contributed by atoms with Crippen LogP contribution in [0.2, 0.25) is 0 Å². The Bertz CT molecular complexity index is 488. The fraction of sp³-hybridized carbons (Fsp3) is 0.667. The Hall–Kier alpha value is -0.170. The van der Waals surface area contributed by atoms with E-state index >= 15 is 0 Å². The highest BCUT2D eigenvalue weighted by atomic mass is 127. The van der Waals surface area contributed by atoms with Crippen molar-refractivity contribution in [2.75, 3.05) is 32.8 Å². The first-order valence-corrected chi connectivity index (χ1v) is 9.46. The molecule has 3 rings (SSSR count). The van der Waals surface area contributed by atoms with E-state index in [1.807, 2.05) is 0 Å². The van der Waals surface area contributed by atoms with Crippen molar-refractivity contribution in [3.05, 3.63) is 35.4 Å². The molecule has 0 bridgehead atoms. The van der Waals surface area contributed by atoms with Gasteiger partial charge in [0.15, 0.2) is 0 Å². The number of benzene rings is 1. The second kappa shape index (κ2) is 7.60. The van der Waals surface area contributed by atoms with Gasteiger partial charge in [-0.15, -0.1) is 0 Å². The Labute approximate surface area is 148 Å². The number of ether oxygens (including phenoxy) is 1. The fourth-order valence-corrected chi connectivity index (χ4v) is 4.45. The molecule has 0 radical (unpaired) electrons. The average Bonchev–Trinajstić information content (AvgIpc) is 2.56. The summed E-state index contributed by atoms with van der Waals surface area (Å²) in [5, 5.41) is 0.